The summed E-state index contributed by atoms with van der Waals surface area (Å²) in [5.41, 5.74) is 2.34. The highest BCUT2D eigenvalue weighted by Crippen LogP contribution is 2.64. The van der Waals surface area contributed by atoms with Crippen molar-refractivity contribution >= 4 is 15.6 Å². The summed E-state index contributed by atoms with van der Waals surface area (Å²) >= 11 is 0. The molecule has 0 spiro atoms. The number of hydrogen-bond acceptors (Lipinski definition) is 8. The summed E-state index contributed by atoms with van der Waals surface area (Å²) in [7, 11) is -4.72. The van der Waals surface area contributed by atoms with Crippen molar-refractivity contribution in [3.63, 3.8) is 0 Å². The average Bonchev–Trinajstić information content (AvgIpc) is 2.67. The van der Waals surface area contributed by atoms with Gasteiger partial charge in [-0.15, -0.1) is 6.42 Å². The Morgan fingerprint density at radius 3 is 2.14 bits per heavy atom. The molecule has 0 aromatic carbocycles. The third-order valence-electron chi connectivity index (χ3n) is 3.61. The average molecular weight is 438 g/mol. The monoisotopic (exact) mass is 438 g/mol. The molecule has 0 aromatic heterocycles. The van der Waals surface area contributed by atoms with E-state index in [1.807, 2.05) is 6.92 Å². The molecule has 1 atom stereocenters. The lowest BCUT2D eigenvalue weighted by atomic mass is 10.1. The van der Waals surface area contributed by atoms with Gasteiger partial charge >= 0.3 is 15.6 Å². The highest BCUT2D eigenvalue weighted by atomic mass is 31.3. The van der Waals surface area contributed by atoms with Crippen LogP contribution in [0.4, 0.5) is 0 Å². The normalized spacial score (nSPS) is 15.3. The molecular formula is C18H32O8P2. The van der Waals surface area contributed by atoms with Crippen LogP contribution in [0.2, 0.25) is 0 Å². The Kier molecular flexibility index (Phi) is 14.7. The van der Waals surface area contributed by atoms with Gasteiger partial charge in [0.1, 0.15) is 6.61 Å². The minimum atomic E-state index is -4.07. The Bertz CT molecular complexity index is 628. The molecule has 1 unspecified atom stereocenters. The molecule has 0 aliphatic heterocycles. The Morgan fingerprint density at radius 2 is 1.57 bits per heavy atom. The van der Waals surface area contributed by atoms with Gasteiger partial charge in [0, 0.05) is 27.9 Å². The van der Waals surface area contributed by atoms with E-state index in [1.54, 1.807) is 6.08 Å². The molecule has 0 aliphatic carbocycles. The largest absolute Gasteiger partial charge is 0.483 e. The molecule has 0 radical (unpaired) electrons. The lowest BCUT2D eigenvalue weighted by Gasteiger charge is -2.19. The first kappa shape index (κ1) is 27.3. The number of rotatable bonds is 16. The number of phosphoric ester groups is 2. The fourth-order valence-electron chi connectivity index (χ4n) is 1.98. The van der Waals surface area contributed by atoms with Crippen molar-refractivity contribution in [3.05, 3.63) is 23.3 Å². The molecule has 28 heavy (non-hydrogen) atoms. The molecular weight excluding hydrogens is 406 g/mol. The second-order valence-electron chi connectivity index (χ2n) is 5.82. The van der Waals surface area contributed by atoms with Crippen LogP contribution in [0.3, 0.4) is 0 Å². The fraction of sp³-hybridized carbons (Fsp3) is 0.667. The maximum absolute atomic E-state index is 12.3. The number of phosphoric acid groups is 2. The van der Waals surface area contributed by atoms with E-state index in [1.165, 1.54) is 5.57 Å². The highest BCUT2D eigenvalue weighted by Gasteiger charge is 2.38. The molecule has 0 N–H and O–H groups in total. The van der Waals surface area contributed by atoms with Crippen molar-refractivity contribution in [2.45, 2.75) is 39.5 Å². The van der Waals surface area contributed by atoms with Crippen molar-refractivity contribution in [2.24, 2.45) is 0 Å². The number of allylic oxidation sites excluding steroid dienone is 3. The predicted molar refractivity (Wildman–Crippen MR) is 109 cm³/mol. The molecule has 0 heterocycles. The van der Waals surface area contributed by atoms with E-state index in [4.69, 9.17) is 24.5 Å². The van der Waals surface area contributed by atoms with Gasteiger partial charge in [-0.3, -0.25) is 18.1 Å². The zero-order valence-corrected chi connectivity index (χ0v) is 19.1. The maximum Gasteiger partial charge on any atom is 0.483 e. The number of hydrogen-bond donors (Lipinski definition) is 0. The van der Waals surface area contributed by atoms with Crippen LogP contribution < -0.4 is 0 Å². The van der Waals surface area contributed by atoms with Crippen molar-refractivity contribution in [1.82, 2.24) is 0 Å². The first-order valence-corrected chi connectivity index (χ1v) is 11.7. The lowest BCUT2D eigenvalue weighted by Crippen LogP contribution is -2.00. The quantitative estimate of drug-likeness (QED) is 0.139. The van der Waals surface area contributed by atoms with E-state index in [0.29, 0.717) is 13.2 Å². The predicted octanol–water partition coefficient (Wildman–Crippen LogP) is 5.28. The molecule has 0 aliphatic rings. The molecule has 0 amide bonds. The van der Waals surface area contributed by atoms with Crippen molar-refractivity contribution in [1.29, 1.82) is 0 Å². The van der Waals surface area contributed by atoms with Crippen molar-refractivity contribution in [2.75, 3.05) is 41.2 Å². The third kappa shape index (κ3) is 12.7. The Morgan fingerprint density at radius 1 is 0.964 bits per heavy atom. The van der Waals surface area contributed by atoms with Crippen LogP contribution in [0.15, 0.2) is 23.3 Å². The van der Waals surface area contributed by atoms with Gasteiger partial charge in [-0.25, -0.2) is 9.13 Å². The van der Waals surface area contributed by atoms with Crippen LogP contribution in [0, 0.1) is 12.3 Å². The van der Waals surface area contributed by atoms with Crippen molar-refractivity contribution < 1.29 is 36.3 Å². The summed E-state index contributed by atoms with van der Waals surface area (Å²) in [5, 5.41) is 0. The molecule has 0 rings (SSSR count). The summed E-state index contributed by atoms with van der Waals surface area (Å²) in [5.74, 6) is 2.44. The molecule has 0 saturated carbocycles. The SMILES string of the molecule is C#CCOCCC/C(C)=C/CC/C(C)=C/COP(=O)(OC)OP(=O)(OC)OC. The zero-order chi connectivity index (χ0) is 21.5. The Hall–Kier alpha value is -0.740. The van der Waals surface area contributed by atoms with Gasteiger partial charge in [-0.1, -0.05) is 29.2 Å². The summed E-state index contributed by atoms with van der Waals surface area (Å²) < 4.78 is 53.2. The summed E-state index contributed by atoms with van der Waals surface area (Å²) in [6.07, 6.45) is 12.6. The van der Waals surface area contributed by atoms with E-state index in [0.717, 1.165) is 52.6 Å². The van der Waals surface area contributed by atoms with Gasteiger partial charge < -0.3 is 4.74 Å². The van der Waals surface area contributed by atoms with Crippen LogP contribution in [0.5, 0.6) is 0 Å². The molecule has 10 heteroatoms. The van der Waals surface area contributed by atoms with Crippen LogP contribution >= 0.6 is 15.6 Å². The van der Waals surface area contributed by atoms with Gasteiger partial charge in [0.2, 0.25) is 0 Å². The van der Waals surface area contributed by atoms with Gasteiger partial charge in [0.05, 0.1) is 6.61 Å². The van der Waals surface area contributed by atoms with Crippen LogP contribution in [0.1, 0.15) is 39.5 Å². The standard InChI is InChI=1S/C18H32O8P2/c1-7-14-24-15-9-12-17(2)10-8-11-18(3)13-16-25-28(20,23-6)26-27(19,21-4)22-5/h1,10,13H,8-9,11-12,14-16H2,2-6H3/b17-10+,18-13+. The lowest BCUT2D eigenvalue weighted by molar-refractivity contribution is 0.150. The van der Waals surface area contributed by atoms with Gasteiger partial charge in [-0.2, -0.15) is 4.31 Å². The molecule has 8 nitrogen and oxygen atoms in total. The molecule has 162 valence electrons. The maximum atomic E-state index is 12.3. The fourth-order valence-corrected chi connectivity index (χ4v) is 4.46. The van der Waals surface area contributed by atoms with Gasteiger partial charge in [0.15, 0.2) is 0 Å². The molecule has 0 fully saturated rings. The molecule has 0 aromatic rings. The van der Waals surface area contributed by atoms with Gasteiger partial charge in [-0.05, 0) is 39.5 Å². The van der Waals surface area contributed by atoms with Crippen LogP contribution in [0.25, 0.3) is 0 Å². The molecule has 0 bridgehead atoms. The minimum absolute atomic E-state index is 0.0282. The smallest absolute Gasteiger partial charge is 0.369 e. The second kappa shape index (κ2) is 15.1. The van der Waals surface area contributed by atoms with Crippen LogP contribution in [-0.4, -0.2) is 41.2 Å². The minimum Gasteiger partial charge on any atom is -0.369 e. The number of terminal acetylenes is 1. The van der Waals surface area contributed by atoms with Gasteiger partial charge in [0.25, 0.3) is 0 Å². The number of ether oxygens (including phenoxy) is 1. The Labute approximate surface area is 168 Å². The first-order valence-electron chi connectivity index (χ1n) is 8.79. The van der Waals surface area contributed by atoms with Crippen molar-refractivity contribution in [3.8, 4) is 12.3 Å². The second-order valence-corrected chi connectivity index (χ2v) is 9.62. The topological polar surface area (TPSA) is 89.5 Å². The summed E-state index contributed by atoms with van der Waals surface area (Å²) in [6, 6.07) is 0. The zero-order valence-electron chi connectivity index (χ0n) is 17.3. The summed E-state index contributed by atoms with van der Waals surface area (Å²) in [4.78, 5) is 0. The summed E-state index contributed by atoms with van der Waals surface area (Å²) in [6.45, 7) is 5.00. The van der Waals surface area contributed by atoms with E-state index >= 15 is 0 Å². The van der Waals surface area contributed by atoms with E-state index < -0.39 is 15.6 Å². The third-order valence-corrected chi connectivity index (χ3v) is 7.02. The Balaban J connectivity index is 4.33. The molecule has 0 saturated heterocycles. The first-order chi connectivity index (χ1) is 13.2. The van der Waals surface area contributed by atoms with Crippen LogP contribution in [-0.2, 0) is 36.3 Å². The van der Waals surface area contributed by atoms with E-state index in [-0.39, 0.29) is 6.61 Å². The van der Waals surface area contributed by atoms with E-state index in [9.17, 15) is 9.13 Å². The van der Waals surface area contributed by atoms with E-state index in [2.05, 4.69) is 28.0 Å². The highest BCUT2D eigenvalue weighted by molar-refractivity contribution is 7.62.